The Morgan fingerprint density at radius 3 is 2.33 bits per heavy atom. The second-order valence-corrected chi connectivity index (χ2v) is 9.49. The number of hydrogen-bond acceptors (Lipinski definition) is 7. The molecule has 0 aromatic heterocycles. The second-order valence-electron chi connectivity index (χ2n) is 9.49. The highest BCUT2D eigenvalue weighted by Gasteiger charge is 2.59. The number of nitrogens with one attached hydrogen (secondary N) is 1. The lowest BCUT2D eigenvalue weighted by Crippen LogP contribution is -2.62. The van der Waals surface area contributed by atoms with Crippen LogP contribution in [-0.4, -0.2) is 63.4 Å². The summed E-state index contributed by atoms with van der Waals surface area (Å²) in [5.41, 5.74) is -1.80. The Morgan fingerprint density at radius 2 is 1.69 bits per heavy atom. The normalized spacial score (nSPS) is 22.5. The fourth-order valence-corrected chi connectivity index (χ4v) is 4.29. The van der Waals surface area contributed by atoms with Gasteiger partial charge < -0.3 is 25.4 Å². The number of ether oxygens (including phenoxy) is 1. The molecule has 1 aliphatic rings. The van der Waals surface area contributed by atoms with Crippen molar-refractivity contribution in [3.05, 3.63) is 48.0 Å². The number of ketones is 1. The number of cyclic esters (lactones) is 1. The first-order valence-electron chi connectivity index (χ1n) is 13.1. The molecule has 2 rings (SSSR count). The van der Waals surface area contributed by atoms with E-state index in [1.165, 1.54) is 31.1 Å². The molecule has 4 atom stereocenters. The molecule has 1 fully saturated rings. The summed E-state index contributed by atoms with van der Waals surface area (Å²) < 4.78 is 5.16. The van der Waals surface area contributed by atoms with Gasteiger partial charge in [0.15, 0.2) is 11.6 Å². The van der Waals surface area contributed by atoms with Crippen molar-refractivity contribution in [3.8, 4) is 0 Å². The fourth-order valence-electron chi connectivity index (χ4n) is 4.29. The van der Waals surface area contributed by atoms with Crippen molar-refractivity contribution < 1.29 is 34.4 Å². The van der Waals surface area contributed by atoms with Gasteiger partial charge in [0.1, 0.15) is 18.0 Å². The molecule has 1 saturated heterocycles. The first-order chi connectivity index (χ1) is 17.4. The van der Waals surface area contributed by atoms with Crippen molar-refractivity contribution in [2.24, 2.45) is 0 Å². The third kappa shape index (κ3) is 8.54. The molecule has 8 heteroatoms. The zero-order valence-electron chi connectivity index (χ0n) is 21.2. The fraction of sp³-hybridized carbons (Fsp3) is 0.607. The topological polar surface area (TPSA) is 133 Å². The van der Waals surface area contributed by atoms with Gasteiger partial charge in [-0.3, -0.25) is 9.59 Å². The van der Waals surface area contributed by atoms with Crippen molar-refractivity contribution in [1.82, 2.24) is 5.32 Å². The smallest absolute Gasteiger partial charge is 0.337 e. The van der Waals surface area contributed by atoms with Crippen molar-refractivity contribution in [1.29, 1.82) is 0 Å². The van der Waals surface area contributed by atoms with Crippen LogP contribution in [0.25, 0.3) is 0 Å². The summed E-state index contributed by atoms with van der Waals surface area (Å²) in [6, 6.07) is 8.10. The first-order valence-corrected chi connectivity index (χ1v) is 13.1. The highest BCUT2D eigenvalue weighted by Crippen LogP contribution is 2.29. The van der Waals surface area contributed by atoms with Crippen LogP contribution in [0, 0.1) is 0 Å². The summed E-state index contributed by atoms with van der Waals surface area (Å²) in [6.45, 7) is 1.28. The maximum atomic E-state index is 12.5. The number of hydrogen-bond donors (Lipinski definition) is 4. The molecular formula is C28H41NO7. The number of carbonyl (C=O) groups excluding carboxylic acids is 3. The third-order valence-electron chi connectivity index (χ3n) is 6.60. The van der Waals surface area contributed by atoms with E-state index in [4.69, 9.17) is 4.74 Å². The molecule has 1 aliphatic heterocycles. The first kappa shape index (κ1) is 29.7. The van der Waals surface area contributed by atoms with Crippen molar-refractivity contribution in [2.75, 3.05) is 6.61 Å². The Hall–Kier alpha value is -2.55. The standard InChI is InChI=1S/C28H41NO7/c1-2-3-4-12-17-22(31)18-13-7-5-6-8-14-19-23(32)24-25(33)28(20-30,27(35)36-24)29-26(34)21-15-10-9-11-16-21/h9-11,14-16,19,23-25,30,32-33H,2-8,12-13,17-18,20H2,1H3,(H,29,34)/b19-14+/t23-,24+,25-,28-/m0/s1. The van der Waals surface area contributed by atoms with E-state index in [-0.39, 0.29) is 5.56 Å². The average molecular weight is 504 g/mol. The summed E-state index contributed by atoms with van der Waals surface area (Å²) in [5.74, 6) is -1.30. The van der Waals surface area contributed by atoms with Gasteiger partial charge in [-0.25, -0.2) is 4.79 Å². The molecular weight excluding hydrogens is 462 g/mol. The van der Waals surface area contributed by atoms with Crippen LogP contribution in [0.5, 0.6) is 0 Å². The summed E-state index contributed by atoms with van der Waals surface area (Å²) in [6.07, 6.45) is 9.14. The average Bonchev–Trinajstić information content (AvgIpc) is 3.13. The summed E-state index contributed by atoms with van der Waals surface area (Å²) in [7, 11) is 0. The van der Waals surface area contributed by atoms with Gasteiger partial charge in [0.05, 0.1) is 6.61 Å². The van der Waals surface area contributed by atoms with E-state index in [1.807, 2.05) is 0 Å². The predicted molar refractivity (Wildman–Crippen MR) is 136 cm³/mol. The van der Waals surface area contributed by atoms with Gasteiger partial charge in [0, 0.05) is 18.4 Å². The van der Waals surface area contributed by atoms with Gasteiger partial charge in [-0.2, -0.15) is 0 Å². The Kier molecular flexibility index (Phi) is 12.8. The van der Waals surface area contributed by atoms with Crippen LogP contribution in [0.4, 0.5) is 0 Å². The third-order valence-corrected chi connectivity index (χ3v) is 6.60. The molecule has 0 unspecified atom stereocenters. The number of amides is 1. The lowest BCUT2D eigenvalue weighted by atomic mass is 9.90. The van der Waals surface area contributed by atoms with Crippen molar-refractivity contribution in [2.45, 2.75) is 101 Å². The molecule has 1 amide bonds. The predicted octanol–water partition coefficient (Wildman–Crippen LogP) is 3.23. The molecule has 0 saturated carbocycles. The second kappa shape index (κ2) is 15.5. The number of allylic oxidation sites excluding steroid dienone is 1. The Bertz CT molecular complexity index is 857. The molecule has 1 aromatic carbocycles. The number of Topliss-reactive ketones (excluding diaryl/α,β-unsaturated/α-hetero) is 1. The zero-order chi connectivity index (χ0) is 26.4. The summed E-state index contributed by atoms with van der Waals surface area (Å²) in [4.78, 5) is 36.9. The number of benzene rings is 1. The Labute approximate surface area is 213 Å². The van der Waals surface area contributed by atoms with Crippen LogP contribution in [0.15, 0.2) is 42.5 Å². The number of esters is 1. The van der Waals surface area contributed by atoms with Gasteiger partial charge in [-0.1, -0.05) is 69.4 Å². The van der Waals surface area contributed by atoms with Crippen molar-refractivity contribution in [3.63, 3.8) is 0 Å². The largest absolute Gasteiger partial charge is 0.454 e. The molecule has 0 bridgehead atoms. The summed E-state index contributed by atoms with van der Waals surface area (Å²) >= 11 is 0. The molecule has 1 aromatic rings. The van der Waals surface area contributed by atoms with E-state index >= 15 is 0 Å². The SMILES string of the molecule is CCCCCCC(=O)CCCCCC/C=C/[C@H](O)[C@H]1OC(=O)[C@@](CO)(NC(=O)c2ccccc2)[C@H]1O. The Balaban J connectivity index is 1.73. The Morgan fingerprint density at radius 1 is 1.06 bits per heavy atom. The highest BCUT2D eigenvalue weighted by atomic mass is 16.6. The van der Waals surface area contributed by atoms with Gasteiger partial charge in [-0.15, -0.1) is 0 Å². The highest BCUT2D eigenvalue weighted by molar-refractivity contribution is 5.99. The monoisotopic (exact) mass is 503 g/mol. The van der Waals surface area contributed by atoms with Crippen LogP contribution in [0.1, 0.15) is 87.9 Å². The molecule has 0 aliphatic carbocycles. The van der Waals surface area contributed by atoms with Crippen LogP contribution in [-0.2, 0) is 14.3 Å². The number of rotatable bonds is 17. The van der Waals surface area contributed by atoms with Crippen LogP contribution in [0.2, 0.25) is 0 Å². The van der Waals surface area contributed by atoms with Gasteiger partial charge >= 0.3 is 5.97 Å². The van der Waals surface area contributed by atoms with Gasteiger partial charge in [0.2, 0.25) is 0 Å². The van der Waals surface area contributed by atoms with E-state index in [1.54, 1.807) is 24.3 Å². The molecule has 0 spiro atoms. The maximum Gasteiger partial charge on any atom is 0.337 e. The lowest BCUT2D eigenvalue weighted by Gasteiger charge is -2.28. The minimum absolute atomic E-state index is 0.255. The van der Waals surface area contributed by atoms with Crippen molar-refractivity contribution >= 4 is 17.7 Å². The van der Waals surface area contributed by atoms with Crippen LogP contribution < -0.4 is 5.32 Å². The molecule has 36 heavy (non-hydrogen) atoms. The zero-order valence-corrected chi connectivity index (χ0v) is 21.2. The number of carbonyl (C=O) groups is 3. The van der Waals surface area contributed by atoms with E-state index in [2.05, 4.69) is 12.2 Å². The minimum Gasteiger partial charge on any atom is -0.454 e. The van der Waals surface area contributed by atoms with Crippen LogP contribution >= 0.6 is 0 Å². The van der Waals surface area contributed by atoms with Gasteiger partial charge in [-0.05, 0) is 37.8 Å². The number of aliphatic hydroxyl groups is 3. The van der Waals surface area contributed by atoms with Gasteiger partial charge in [0.25, 0.3) is 5.91 Å². The number of unbranched alkanes of at least 4 members (excludes halogenated alkanes) is 7. The molecule has 8 nitrogen and oxygen atoms in total. The number of aliphatic hydroxyl groups excluding tert-OH is 3. The van der Waals surface area contributed by atoms with E-state index in [9.17, 15) is 29.7 Å². The van der Waals surface area contributed by atoms with E-state index in [0.717, 1.165) is 38.5 Å². The van der Waals surface area contributed by atoms with E-state index in [0.29, 0.717) is 25.0 Å². The van der Waals surface area contributed by atoms with E-state index < -0.39 is 42.3 Å². The minimum atomic E-state index is -2.06. The lowest BCUT2D eigenvalue weighted by molar-refractivity contribution is -0.149. The summed E-state index contributed by atoms with van der Waals surface area (Å²) in [5, 5.41) is 33.4. The molecule has 0 radical (unpaired) electrons. The molecule has 200 valence electrons. The van der Waals surface area contributed by atoms with Crippen LogP contribution in [0.3, 0.4) is 0 Å². The molecule has 4 N–H and O–H groups in total. The molecule has 1 heterocycles. The quantitative estimate of drug-likeness (QED) is 0.146. The maximum absolute atomic E-state index is 12.5.